The number of nitrogens with one attached hydrogen (secondary N) is 1. The fourth-order valence-corrected chi connectivity index (χ4v) is 2.19. The third-order valence-corrected chi connectivity index (χ3v) is 3.46. The van der Waals surface area contributed by atoms with Gasteiger partial charge in [-0.1, -0.05) is 12.1 Å². The molecule has 0 saturated heterocycles. The van der Waals surface area contributed by atoms with Gasteiger partial charge in [-0.15, -0.1) is 0 Å². The quantitative estimate of drug-likeness (QED) is 0.712. The van der Waals surface area contributed by atoms with Gasteiger partial charge in [0.15, 0.2) is 0 Å². The molecule has 0 fully saturated rings. The highest BCUT2D eigenvalue weighted by Gasteiger charge is 2.27. The van der Waals surface area contributed by atoms with Crippen molar-refractivity contribution < 1.29 is 28.6 Å². The number of rotatable bonds is 8. The number of hydrogen-bond acceptors (Lipinski definition) is 6. The van der Waals surface area contributed by atoms with Gasteiger partial charge in [-0.05, 0) is 44.9 Å². The number of amides is 1. The van der Waals surface area contributed by atoms with Gasteiger partial charge in [-0.3, -0.25) is 4.79 Å². The minimum absolute atomic E-state index is 0.151. The van der Waals surface area contributed by atoms with Gasteiger partial charge in [0.1, 0.15) is 23.2 Å². The molecule has 0 saturated carbocycles. The Hall–Kier alpha value is -2.57. The summed E-state index contributed by atoms with van der Waals surface area (Å²) in [6, 6.07) is 6.33. The maximum absolute atomic E-state index is 12.2. The van der Waals surface area contributed by atoms with E-state index in [0.29, 0.717) is 6.42 Å². The second-order valence-electron chi connectivity index (χ2n) is 6.81. The number of Topliss-reactive ketones (excluding diaryl/α,β-unsaturated/α-hetero) is 1. The van der Waals surface area contributed by atoms with Crippen LogP contribution in [0, 0.1) is 0 Å². The highest BCUT2D eigenvalue weighted by molar-refractivity contribution is 5.89. The molecule has 7 nitrogen and oxygen atoms in total. The van der Waals surface area contributed by atoms with Crippen molar-refractivity contribution in [1.29, 1.82) is 0 Å². The smallest absolute Gasteiger partial charge is 0.408 e. The minimum atomic E-state index is -1.07. The van der Waals surface area contributed by atoms with E-state index in [4.69, 9.17) is 9.47 Å². The van der Waals surface area contributed by atoms with Gasteiger partial charge in [0.2, 0.25) is 0 Å². The van der Waals surface area contributed by atoms with Crippen molar-refractivity contribution in [1.82, 2.24) is 5.32 Å². The Labute approximate surface area is 154 Å². The lowest BCUT2D eigenvalue weighted by atomic mass is 10.0. The molecule has 0 spiro atoms. The molecule has 1 amide bonds. The summed E-state index contributed by atoms with van der Waals surface area (Å²) in [6.07, 6.45) is -0.142. The van der Waals surface area contributed by atoms with Crippen LogP contribution in [0.15, 0.2) is 24.3 Å². The second kappa shape index (κ2) is 9.79. The predicted octanol–water partition coefficient (Wildman–Crippen LogP) is 2.65. The Morgan fingerprint density at radius 2 is 1.69 bits per heavy atom. The molecule has 0 aliphatic heterocycles. The first kappa shape index (κ1) is 21.5. The van der Waals surface area contributed by atoms with E-state index in [-0.39, 0.29) is 18.6 Å². The Morgan fingerprint density at radius 3 is 2.19 bits per heavy atom. The first-order chi connectivity index (χ1) is 12.1. The molecule has 1 rings (SSSR count). The number of alkyl carbamates (subject to hydrolysis) is 1. The summed E-state index contributed by atoms with van der Waals surface area (Å²) in [5.74, 6) is -0.103. The van der Waals surface area contributed by atoms with Crippen molar-refractivity contribution >= 4 is 17.8 Å². The highest BCUT2D eigenvalue weighted by atomic mass is 16.6. The largest absolute Gasteiger partial charge is 0.497 e. The van der Waals surface area contributed by atoms with E-state index in [1.54, 1.807) is 27.9 Å². The maximum Gasteiger partial charge on any atom is 0.408 e. The van der Waals surface area contributed by atoms with Crippen molar-refractivity contribution in [3.05, 3.63) is 29.8 Å². The number of aryl methyl sites for hydroxylation is 1. The molecule has 0 aliphatic carbocycles. The SMILES string of the molecule is COC(=O)C(CC(=O)CCc1ccc(OC)cc1)NC(=O)OC(C)(C)C. The molecule has 1 aromatic carbocycles. The Bertz CT molecular complexity index is 618. The molecule has 1 N–H and O–H groups in total. The lowest BCUT2D eigenvalue weighted by molar-refractivity contribution is -0.144. The normalized spacial score (nSPS) is 12.0. The molecule has 0 heterocycles. The van der Waals surface area contributed by atoms with Crippen molar-refractivity contribution in [2.45, 2.75) is 51.7 Å². The van der Waals surface area contributed by atoms with Crippen LogP contribution in [0.3, 0.4) is 0 Å². The van der Waals surface area contributed by atoms with Crippen LogP contribution in [0.2, 0.25) is 0 Å². The molecule has 0 aromatic heterocycles. The van der Waals surface area contributed by atoms with Crippen molar-refractivity contribution in [2.75, 3.05) is 14.2 Å². The average Bonchev–Trinajstić information content (AvgIpc) is 2.57. The summed E-state index contributed by atoms with van der Waals surface area (Å²) in [5.41, 5.74) is 0.275. The number of ether oxygens (including phenoxy) is 3. The fourth-order valence-electron chi connectivity index (χ4n) is 2.19. The van der Waals surface area contributed by atoms with Crippen molar-refractivity contribution in [3.63, 3.8) is 0 Å². The predicted molar refractivity (Wildman–Crippen MR) is 96.1 cm³/mol. The molecule has 0 bridgehead atoms. The van der Waals surface area contributed by atoms with Crippen LogP contribution in [0.25, 0.3) is 0 Å². The van der Waals surface area contributed by atoms with E-state index >= 15 is 0 Å². The third-order valence-electron chi connectivity index (χ3n) is 3.46. The van der Waals surface area contributed by atoms with E-state index in [2.05, 4.69) is 10.1 Å². The molecule has 26 heavy (non-hydrogen) atoms. The van der Waals surface area contributed by atoms with E-state index in [0.717, 1.165) is 11.3 Å². The number of benzene rings is 1. The average molecular weight is 365 g/mol. The zero-order valence-electron chi connectivity index (χ0n) is 16.0. The van der Waals surface area contributed by atoms with E-state index in [1.165, 1.54) is 7.11 Å². The van der Waals surface area contributed by atoms with Crippen LogP contribution < -0.4 is 10.1 Å². The number of hydrogen-bond donors (Lipinski definition) is 1. The van der Waals surface area contributed by atoms with Gasteiger partial charge in [-0.25, -0.2) is 9.59 Å². The Kier molecular flexibility index (Phi) is 8.09. The Morgan fingerprint density at radius 1 is 1.08 bits per heavy atom. The van der Waals surface area contributed by atoms with Gasteiger partial charge in [-0.2, -0.15) is 0 Å². The molecule has 7 heteroatoms. The highest BCUT2D eigenvalue weighted by Crippen LogP contribution is 2.13. The van der Waals surface area contributed by atoms with Gasteiger partial charge >= 0.3 is 12.1 Å². The van der Waals surface area contributed by atoms with Crippen LogP contribution in [0.5, 0.6) is 5.75 Å². The first-order valence-corrected chi connectivity index (χ1v) is 8.36. The molecule has 0 aliphatic rings. The summed E-state index contributed by atoms with van der Waals surface area (Å²) in [7, 11) is 2.79. The summed E-state index contributed by atoms with van der Waals surface area (Å²) >= 11 is 0. The van der Waals surface area contributed by atoms with Gasteiger partial charge in [0, 0.05) is 12.8 Å². The van der Waals surface area contributed by atoms with Crippen LogP contribution in [0.1, 0.15) is 39.2 Å². The third kappa shape index (κ3) is 8.00. The number of esters is 1. The number of carbonyl (C=O) groups is 3. The van der Waals surface area contributed by atoms with E-state index in [9.17, 15) is 14.4 Å². The van der Waals surface area contributed by atoms with Crippen LogP contribution in [0.4, 0.5) is 4.79 Å². The molecule has 144 valence electrons. The molecule has 1 unspecified atom stereocenters. The van der Waals surface area contributed by atoms with Crippen molar-refractivity contribution in [2.24, 2.45) is 0 Å². The fraction of sp³-hybridized carbons (Fsp3) is 0.526. The number of carbonyl (C=O) groups excluding carboxylic acids is 3. The summed E-state index contributed by atoms with van der Waals surface area (Å²) in [4.78, 5) is 35.9. The lowest BCUT2D eigenvalue weighted by Gasteiger charge is -2.22. The monoisotopic (exact) mass is 365 g/mol. The zero-order valence-corrected chi connectivity index (χ0v) is 16.0. The van der Waals surface area contributed by atoms with E-state index in [1.807, 2.05) is 24.3 Å². The first-order valence-electron chi connectivity index (χ1n) is 8.36. The Balaban J connectivity index is 2.58. The standard InChI is InChI=1S/C19H27NO6/c1-19(2,3)26-18(23)20-16(17(22)25-5)12-14(21)9-6-13-7-10-15(24-4)11-8-13/h7-8,10-11,16H,6,9,12H2,1-5H3,(H,20,23). The lowest BCUT2D eigenvalue weighted by Crippen LogP contribution is -2.45. The number of ketones is 1. The second-order valence-corrected chi connectivity index (χ2v) is 6.81. The van der Waals surface area contributed by atoms with Crippen molar-refractivity contribution in [3.8, 4) is 5.75 Å². The topological polar surface area (TPSA) is 90.9 Å². The van der Waals surface area contributed by atoms with Gasteiger partial charge in [0.25, 0.3) is 0 Å². The molecule has 1 aromatic rings. The molecular formula is C19H27NO6. The summed E-state index contributed by atoms with van der Waals surface area (Å²) in [6.45, 7) is 5.12. The van der Waals surface area contributed by atoms with Gasteiger partial charge in [0.05, 0.1) is 14.2 Å². The summed E-state index contributed by atoms with van der Waals surface area (Å²) in [5, 5.41) is 2.40. The van der Waals surface area contributed by atoms with E-state index < -0.39 is 23.7 Å². The van der Waals surface area contributed by atoms with Crippen LogP contribution >= 0.6 is 0 Å². The minimum Gasteiger partial charge on any atom is -0.497 e. The van der Waals surface area contributed by atoms with Crippen LogP contribution in [-0.4, -0.2) is 43.7 Å². The molecule has 1 atom stereocenters. The molecule has 0 radical (unpaired) electrons. The van der Waals surface area contributed by atoms with Crippen LogP contribution in [-0.2, 0) is 25.5 Å². The molecular weight excluding hydrogens is 338 g/mol. The zero-order chi connectivity index (χ0) is 19.7. The van der Waals surface area contributed by atoms with Gasteiger partial charge < -0.3 is 19.5 Å². The maximum atomic E-state index is 12.2. The summed E-state index contributed by atoms with van der Waals surface area (Å²) < 4.78 is 14.9. The number of methoxy groups -OCH3 is 2.